The van der Waals surface area contributed by atoms with Crippen LogP contribution >= 0.6 is 0 Å². The van der Waals surface area contributed by atoms with Crippen LogP contribution in [0.2, 0.25) is 0 Å². The Morgan fingerprint density at radius 2 is 1.88 bits per heavy atom. The summed E-state index contributed by atoms with van der Waals surface area (Å²) in [6, 6.07) is 14.8. The molecular formula is C22H28NO+. The largest absolute Gasteiger partial charge is 0.507 e. The summed E-state index contributed by atoms with van der Waals surface area (Å²) in [6.45, 7) is 9.54. The van der Waals surface area contributed by atoms with Crippen molar-refractivity contribution in [3.8, 4) is 5.75 Å². The molecule has 3 rings (SSSR count). The molecule has 1 heterocycles. The Hall–Kier alpha value is -2.06. The first-order valence-electron chi connectivity index (χ1n) is 8.95. The minimum Gasteiger partial charge on any atom is -0.507 e. The first kappa shape index (κ1) is 16.8. The average molecular weight is 322 g/mol. The van der Waals surface area contributed by atoms with Crippen molar-refractivity contribution in [1.82, 2.24) is 0 Å². The fourth-order valence-electron chi connectivity index (χ4n) is 3.65. The van der Waals surface area contributed by atoms with Gasteiger partial charge in [-0.15, -0.1) is 0 Å². The van der Waals surface area contributed by atoms with E-state index in [0.717, 1.165) is 31.6 Å². The summed E-state index contributed by atoms with van der Waals surface area (Å²) in [6.07, 6.45) is 3.46. The van der Waals surface area contributed by atoms with Crippen molar-refractivity contribution >= 4 is 5.57 Å². The smallest absolute Gasteiger partial charge is 0.124 e. The summed E-state index contributed by atoms with van der Waals surface area (Å²) in [7, 11) is 0. The van der Waals surface area contributed by atoms with E-state index >= 15 is 0 Å². The van der Waals surface area contributed by atoms with Gasteiger partial charge in [0.25, 0.3) is 0 Å². The Balaban J connectivity index is 1.72. The van der Waals surface area contributed by atoms with E-state index < -0.39 is 0 Å². The zero-order valence-electron chi connectivity index (χ0n) is 15.0. The number of hydrogen-bond donors (Lipinski definition) is 2. The van der Waals surface area contributed by atoms with Crippen molar-refractivity contribution in [2.24, 2.45) is 0 Å². The van der Waals surface area contributed by atoms with Gasteiger partial charge in [0.15, 0.2) is 0 Å². The molecule has 2 nitrogen and oxygen atoms in total. The Labute approximate surface area is 145 Å². The summed E-state index contributed by atoms with van der Waals surface area (Å²) in [5, 5.41) is 10.3. The lowest BCUT2D eigenvalue weighted by Crippen LogP contribution is -3.11. The summed E-state index contributed by atoms with van der Waals surface area (Å²) in [4.78, 5) is 1.52. The lowest BCUT2D eigenvalue weighted by molar-refractivity contribution is -0.908. The van der Waals surface area contributed by atoms with E-state index in [9.17, 15) is 5.11 Å². The molecule has 24 heavy (non-hydrogen) atoms. The fourth-order valence-corrected chi connectivity index (χ4v) is 3.65. The fraction of sp³-hybridized carbons (Fsp3) is 0.364. The molecule has 0 spiro atoms. The molecule has 0 radical (unpaired) electrons. The van der Waals surface area contributed by atoms with Crippen LogP contribution in [0.1, 0.15) is 48.4 Å². The molecule has 1 unspecified atom stereocenters. The molecule has 0 saturated heterocycles. The summed E-state index contributed by atoms with van der Waals surface area (Å²) in [5.74, 6) is 0.938. The van der Waals surface area contributed by atoms with Crippen LogP contribution in [0.5, 0.6) is 5.75 Å². The molecule has 1 aliphatic heterocycles. The third kappa shape index (κ3) is 3.70. The molecule has 1 atom stereocenters. The normalized spacial score (nSPS) is 17.8. The highest BCUT2D eigenvalue weighted by molar-refractivity contribution is 5.65. The number of benzene rings is 2. The lowest BCUT2D eigenvalue weighted by Gasteiger charge is -2.25. The zero-order chi connectivity index (χ0) is 17.1. The molecule has 2 heteroatoms. The Bertz CT molecular complexity index is 731. The van der Waals surface area contributed by atoms with Gasteiger partial charge in [-0.1, -0.05) is 44.2 Å². The summed E-state index contributed by atoms with van der Waals surface area (Å²) < 4.78 is 0. The SMILES string of the molecule is Cc1cc(O)c(C[NH+]2CC=C(c3ccccc3)CC2)cc1C(C)C. The maximum atomic E-state index is 10.3. The van der Waals surface area contributed by atoms with E-state index in [4.69, 9.17) is 0 Å². The number of phenolic OH excluding ortho intramolecular Hbond substituents is 1. The minimum absolute atomic E-state index is 0.447. The quantitative estimate of drug-likeness (QED) is 0.881. The van der Waals surface area contributed by atoms with Gasteiger partial charge in [-0.3, -0.25) is 0 Å². The minimum atomic E-state index is 0.447. The number of aromatic hydroxyl groups is 1. The van der Waals surface area contributed by atoms with E-state index in [-0.39, 0.29) is 0 Å². The molecule has 0 aromatic heterocycles. The van der Waals surface area contributed by atoms with Gasteiger partial charge in [-0.2, -0.15) is 0 Å². The number of rotatable bonds is 4. The summed E-state index contributed by atoms with van der Waals surface area (Å²) >= 11 is 0. The second kappa shape index (κ2) is 7.23. The van der Waals surface area contributed by atoms with Gasteiger partial charge in [0.05, 0.1) is 13.1 Å². The van der Waals surface area contributed by atoms with Crippen molar-refractivity contribution in [2.45, 2.75) is 39.7 Å². The number of hydrogen-bond acceptors (Lipinski definition) is 1. The van der Waals surface area contributed by atoms with E-state index in [1.165, 1.54) is 27.2 Å². The van der Waals surface area contributed by atoms with Crippen molar-refractivity contribution in [3.05, 3.63) is 70.8 Å². The van der Waals surface area contributed by atoms with Crippen molar-refractivity contribution in [3.63, 3.8) is 0 Å². The lowest BCUT2D eigenvalue weighted by atomic mass is 9.94. The second-order valence-corrected chi connectivity index (χ2v) is 7.22. The van der Waals surface area contributed by atoms with Crippen molar-refractivity contribution in [2.75, 3.05) is 13.1 Å². The van der Waals surface area contributed by atoms with E-state index in [0.29, 0.717) is 11.7 Å². The van der Waals surface area contributed by atoms with Crippen LogP contribution < -0.4 is 4.90 Å². The number of quaternary nitrogens is 1. The van der Waals surface area contributed by atoms with Gasteiger partial charge in [0.2, 0.25) is 0 Å². The molecule has 2 aromatic rings. The first-order chi connectivity index (χ1) is 11.5. The van der Waals surface area contributed by atoms with Crippen LogP contribution in [0.3, 0.4) is 0 Å². The highest BCUT2D eigenvalue weighted by Gasteiger charge is 2.19. The van der Waals surface area contributed by atoms with Crippen molar-refractivity contribution < 1.29 is 10.0 Å². The zero-order valence-corrected chi connectivity index (χ0v) is 15.0. The molecule has 2 aromatic carbocycles. The number of nitrogens with one attached hydrogen (secondary N) is 1. The molecule has 0 amide bonds. The standard InChI is InChI=1S/C22H27NO/c1-16(2)21-14-20(22(24)13-17(21)3)15-23-11-9-19(10-12-23)18-7-5-4-6-8-18/h4-9,13-14,16,24H,10-12,15H2,1-3H3/p+1. The molecule has 0 saturated carbocycles. The molecule has 0 fully saturated rings. The van der Waals surface area contributed by atoms with Crippen LogP contribution in [0.15, 0.2) is 48.5 Å². The third-order valence-electron chi connectivity index (χ3n) is 5.06. The van der Waals surface area contributed by atoms with Gasteiger partial charge >= 0.3 is 0 Å². The Kier molecular flexibility index (Phi) is 5.06. The van der Waals surface area contributed by atoms with Crippen LogP contribution in [-0.2, 0) is 6.54 Å². The molecule has 0 bridgehead atoms. The molecule has 1 aliphatic rings. The molecule has 0 aliphatic carbocycles. The number of aryl methyl sites for hydroxylation is 1. The number of phenols is 1. The van der Waals surface area contributed by atoms with E-state index in [1.807, 2.05) is 6.07 Å². The Morgan fingerprint density at radius 1 is 1.12 bits per heavy atom. The van der Waals surface area contributed by atoms with Gasteiger partial charge in [-0.05, 0) is 53.3 Å². The van der Waals surface area contributed by atoms with Gasteiger partial charge in [0, 0.05) is 12.0 Å². The van der Waals surface area contributed by atoms with Crippen LogP contribution in [0.4, 0.5) is 0 Å². The maximum Gasteiger partial charge on any atom is 0.124 e. The van der Waals surface area contributed by atoms with Gasteiger partial charge in [-0.25, -0.2) is 0 Å². The predicted octanol–water partition coefficient (Wildman–Crippen LogP) is 3.70. The van der Waals surface area contributed by atoms with Gasteiger partial charge in [0.1, 0.15) is 12.3 Å². The molecule has 2 N–H and O–H groups in total. The average Bonchev–Trinajstić information content (AvgIpc) is 2.58. The topological polar surface area (TPSA) is 24.7 Å². The van der Waals surface area contributed by atoms with Crippen LogP contribution in [0, 0.1) is 6.92 Å². The predicted molar refractivity (Wildman–Crippen MR) is 100 cm³/mol. The molecule has 126 valence electrons. The first-order valence-corrected chi connectivity index (χ1v) is 8.95. The Morgan fingerprint density at radius 3 is 2.50 bits per heavy atom. The van der Waals surface area contributed by atoms with Gasteiger partial charge < -0.3 is 10.0 Å². The molecular weight excluding hydrogens is 294 g/mol. The third-order valence-corrected chi connectivity index (χ3v) is 5.06. The summed E-state index contributed by atoms with van der Waals surface area (Å²) in [5.41, 5.74) is 6.41. The highest BCUT2D eigenvalue weighted by Crippen LogP contribution is 2.27. The van der Waals surface area contributed by atoms with Crippen LogP contribution in [0.25, 0.3) is 5.57 Å². The van der Waals surface area contributed by atoms with Crippen molar-refractivity contribution in [1.29, 1.82) is 0 Å². The monoisotopic (exact) mass is 322 g/mol. The van der Waals surface area contributed by atoms with Crippen LogP contribution in [-0.4, -0.2) is 18.2 Å². The van der Waals surface area contributed by atoms with E-state index in [2.05, 4.69) is 63.2 Å². The van der Waals surface area contributed by atoms with E-state index in [1.54, 1.807) is 0 Å². The second-order valence-electron chi connectivity index (χ2n) is 7.22. The maximum absolute atomic E-state index is 10.3. The highest BCUT2D eigenvalue weighted by atomic mass is 16.3.